The van der Waals surface area contributed by atoms with Gasteiger partial charge >= 0.3 is 0 Å². The van der Waals surface area contributed by atoms with Gasteiger partial charge in [-0.15, -0.1) is 0 Å². The van der Waals surface area contributed by atoms with Crippen LogP contribution in [0.1, 0.15) is 65.8 Å². The lowest BCUT2D eigenvalue weighted by molar-refractivity contribution is 0.445. The molecule has 11 aromatic carbocycles. The van der Waals surface area contributed by atoms with E-state index in [0.717, 1.165) is 55.7 Å². The summed E-state index contributed by atoms with van der Waals surface area (Å²) in [6.45, 7) is 0. The summed E-state index contributed by atoms with van der Waals surface area (Å²) in [5, 5.41) is 4.95. The third-order valence-corrected chi connectivity index (χ3v) is 16.2. The molecule has 1 heterocycles. The van der Waals surface area contributed by atoms with Crippen molar-refractivity contribution in [3.63, 3.8) is 0 Å². The van der Waals surface area contributed by atoms with Crippen molar-refractivity contribution < 1.29 is 4.42 Å². The zero-order chi connectivity index (χ0) is 48.3. The van der Waals surface area contributed by atoms with Crippen molar-refractivity contribution >= 4 is 49.8 Å². The fraction of sp³-hybridized carbons (Fsp3) is 0.0986. The molecule has 2 heteroatoms. The largest absolute Gasteiger partial charge is 0.456 e. The van der Waals surface area contributed by atoms with Crippen LogP contribution in [0.25, 0.3) is 77.2 Å². The second-order valence-corrected chi connectivity index (χ2v) is 20.1. The molecule has 0 N–H and O–H groups in total. The van der Waals surface area contributed by atoms with Crippen LogP contribution in [0, 0.1) is 0 Å². The smallest absolute Gasteiger partial charge is 0.135 e. The van der Waals surface area contributed by atoms with Gasteiger partial charge in [0.25, 0.3) is 0 Å². The Hall–Kier alpha value is -8.72. The standard InChI is InChI=1S/C71H53NO/c1-4-20-49(21-5-1)57-32-18-22-50-23-19-33-62(70(50)57)60-30-12-16-36-67(60)72(55-42-38-48(39-43-55)51-41-45-69-63(46-51)61-31-13-17-37-68(61)73-69)66-35-15-11-28-56(66)52-40-44-59-58-29-10-14-34-64(58)71(65(59)47-52,53-24-6-2-7-25-53)54-26-8-3-9-27-54/h2-3,6-19,22-47,49H,1,4-5,20-21H2. The van der Waals surface area contributed by atoms with Crippen LogP contribution in [0.2, 0.25) is 0 Å². The van der Waals surface area contributed by atoms with Crippen molar-refractivity contribution in [3.05, 3.63) is 283 Å². The van der Waals surface area contributed by atoms with Gasteiger partial charge in [0.05, 0.1) is 16.8 Å². The average molecular weight is 936 g/mol. The Labute approximate surface area is 427 Å². The molecule has 0 unspecified atom stereocenters. The maximum Gasteiger partial charge on any atom is 0.135 e. The van der Waals surface area contributed by atoms with Gasteiger partial charge in [0.15, 0.2) is 0 Å². The topological polar surface area (TPSA) is 16.4 Å². The molecule has 2 aliphatic rings. The molecule has 0 atom stereocenters. The Kier molecular flexibility index (Phi) is 10.5. The van der Waals surface area contributed by atoms with E-state index in [1.54, 1.807) is 0 Å². The van der Waals surface area contributed by atoms with Gasteiger partial charge in [-0.1, -0.05) is 226 Å². The van der Waals surface area contributed by atoms with Crippen LogP contribution in [0.4, 0.5) is 17.1 Å². The Morgan fingerprint density at radius 2 is 0.945 bits per heavy atom. The van der Waals surface area contributed by atoms with Crippen LogP contribution in [0.3, 0.4) is 0 Å². The van der Waals surface area contributed by atoms with E-state index in [2.05, 4.69) is 248 Å². The first-order valence-corrected chi connectivity index (χ1v) is 26.1. The first-order valence-electron chi connectivity index (χ1n) is 26.1. The highest BCUT2D eigenvalue weighted by molar-refractivity contribution is 6.07. The zero-order valence-corrected chi connectivity index (χ0v) is 40.7. The molecule has 73 heavy (non-hydrogen) atoms. The van der Waals surface area contributed by atoms with Crippen LogP contribution in [-0.2, 0) is 5.41 Å². The van der Waals surface area contributed by atoms with Crippen molar-refractivity contribution in [2.45, 2.75) is 43.4 Å². The molecule has 0 amide bonds. The minimum atomic E-state index is -0.516. The molecule has 12 aromatic rings. The molecule has 348 valence electrons. The quantitative estimate of drug-likeness (QED) is 0.143. The molecule has 0 saturated heterocycles. The van der Waals surface area contributed by atoms with Gasteiger partial charge in [0.1, 0.15) is 11.2 Å². The molecule has 2 nitrogen and oxygen atoms in total. The van der Waals surface area contributed by atoms with Gasteiger partial charge < -0.3 is 9.32 Å². The number of nitrogens with zero attached hydrogens (tertiary/aromatic N) is 1. The van der Waals surface area contributed by atoms with Gasteiger partial charge in [-0.3, -0.25) is 0 Å². The number of hydrogen-bond acceptors (Lipinski definition) is 2. The van der Waals surface area contributed by atoms with E-state index in [0.29, 0.717) is 5.92 Å². The molecule has 0 spiro atoms. The van der Waals surface area contributed by atoms with Crippen LogP contribution < -0.4 is 4.90 Å². The number of anilines is 3. The van der Waals surface area contributed by atoms with Crippen molar-refractivity contribution in [1.82, 2.24) is 0 Å². The van der Waals surface area contributed by atoms with Crippen molar-refractivity contribution in [2.75, 3.05) is 4.90 Å². The molecule has 1 saturated carbocycles. The van der Waals surface area contributed by atoms with E-state index >= 15 is 0 Å². The maximum atomic E-state index is 6.25. The molecule has 2 aliphatic carbocycles. The highest BCUT2D eigenvalue weighted by Gasteiger charge is 2.46. The van der Waals surface area contributed by atoms with Crippen LogP contribution in [0.15, 0.2) is 259 Å². The summed E-state index contributed by atoms with van der Waals surface area (Å²) in [5.41, 5.74) is 20.9. The summed E-state index contributed by atoms with van der Waals surface area (Å²) in [7, 11) is 0. The Bertz CT molecular complexity index is 3960. The van der Waals surface area contributed by atoms with E-state index in [9.17, 15) is 0 Å². The lowest BCUT2D eigenvalue weighted by Gasteiger charge is -2.34. The van der Waals surface area contributed by atoms with Gasteiger partial charge in [0.2, 0.25) is 0 Å². The van der Waals surface area contributed by atoms with E-state index in [1.807, 2.05) is 12.1 Å². The number of furan rings is 1. The molecular weight excluding hydrogens is 883 g/mol. The summed E-state index contributed by atoms with van der Waals surface area (Å²) >= 11 is 0. The molecule has 1 fully saturated rings. The van der Waals surface area contributed by atoms with Gasteiger partial charge in [-0.2, -0.15) is 0 Å². The monoisotopic (exact) mass is 935 g/mol. The predicted octanol–water partition coefficient (Wildman–Crippen LogP) is 19.6. The van der Waals surface area contributed by atoms with E-state index < -0.39 is 5.41 Å². The first kappa shape index (κ1) is 43.1. The van der Waals surface area contributed by atoms with Crippen LogP contribution in [0.5, 0.6) is 0 Å². The summed E-state index contributed by atoms with van der Waals surface area (Å²) in [5.74, 6) is 0.555. The minimum Gasteiger partial charge on any atom is -0.456 e. The van der Waals surface area contributed by atoms with E-state index in [4.69, 9.17) is 4.42 Å². The van der Waals surface area contributed by atoms with Crippen LogP contribution in [-0.4, -0.2) is 0 Å². The molecule has 1 aromatic heterocycles. The Balaban J connectivity index is 0.979. The molecule has 0 bridgehead atoms. The number of rotatable bonds is 9. The summed E-state index contributed by atoms with van der Waals surface area (Å²) in [4.78, 5) is 2.52. The summed E-state index contributed by atoms with van der Waals surface area (Å²) in [6, 6.07) is 94.7. The van der Waals surface area contributed by atoms with E-state index in [-0.39, 0.29) is 0 Å². The van der Waals surface area contributed by atoms with Gasteiger partial charge in [0, 0.05) is 27.6 Å². The molecule has 14 rings (SSSR count). The second-order valence-electron chi connectivity index (χ2n) is 20.1. The zero-order valence-electron chi connectivity index (χ0n) is 40.7. The lowest BCUT2D eigenvalue weighted by atomic mass is 9.67. The Morgan fingerprint density at radius 1 is 0.370 bits per heavy atom. The van der Waals surface area contributed by atoms with Crippen molar-refractivity contribution in [2.24, 2.45) is 0 Å². The number of para-hydroxylation sites is 3. The van der Waals surface area contributed by atoms with E-state index in [1.165, 1.54) is 98.5 Å². The number of hydrogen-bond donors (Lipinski definition) is 0. The number of fused-ring (bicyclic) bond motifs is 7. The van der Waals surface area contributed by atoms with Crippen molar-refractivity contribution in [1.29, 1.82) is 0 Å². The third kappa shape index (κ3) is 7.07. The second kappa shape index (κ2) is 17.8. The lowest BCUT2D eigenvalue weighted by Crippen LogP contribution is -2.28. The fourth-order valence-electron chi connectivity index (χ4n) is 12.9. The normalized spacial score (nSPS) is 14.1. The fourth-order valence-corrected chi connectivity index (χ4v) is 12.9. The van der Waals surface area contributed by atoms with Crippen molar-refractivity contribution in [3.8, 4) is 44.5 Å². The highest BCUT2D eigenvalue weighted by atomic mass is 16.3. The molecule has 0 aliphatic heterocycles. The van der Waals surface area contributed by atoms with Gasteiger partial charge in [-0.05, 0) is 139 Å². The average Bonchev–Trinajstić information content (AvgIpc) is 4.01. The summed E-state index contributed by atoms with van der Waals surface area (Å²) < 4.78 is 6.25. The predicted molar refractivity (Wildman–Crippen MR) is 305 cm³/mol. The van der Waals surface area contributed by atoms with Gasteiger partial charge in [-0.25, -0.2) is 0 Å². The molecular formula is C71H53NO. The third-order valence-electron chi connectivity index (χ3n) is 16.2. The highest BCUT2D eigenvalue weighted by Crippen LogP contribution is 2.57. The SMILES string of the molecule is c1ccc(C2(c3ccccc3)c3ccccc3-c3ccc(-c4ccccc4N(c4ccc(-c5ccc6oc7ccccc7c6c5)cc4)c4ccccc4-c4cccc5cccc(C6CCCCC6)c45)cc32)cc1. The number of benzene rings is 11. The maximum absolute atomic E-state index is 6.25. The minimum absolute atomic E-state index is 0.516. The molecule has 0 radical (unpaired) electrons. The first-order chi connectivity index (χ1) is 36.2. The Morgan fingerprint density at radius 3 is 1.71 bits per heavy atom. The summed E-state index contributed by atoms with van der Waals surface area (Å²) in [6.07, 6.45) is 6.40. The van der Waals surface area contributed by atoms with Crippen LogP contribution >= 0.6 is 0 Å².